The highest BCUT2D eigenvalue weighted by atomic mass is 35.5. The van der Waals surface area contributed by atoms with Gasteiger partial charge in [0, 0.05) is 6.42 Å². The lowest BCUT2D eigenvalue weighted by atomic mass is 9.71. The van der Waals surface area contributed by atoms with Crippen molar-refractivity contribution in [3.05, 3.63) is 35.9 Å². The predicted octanol–water partition coefficient (Wildman–Crippen LogP) is 1.87. The summed E-state index contributed by atoms with van der Waals surface area (Å²) in [6, 6.07) is 10.6. The highest BCUT2D eigenvalue weighted by Gasteiger charge is 2.41. The molecule has 2 fully saturated rings. The molecule has 3 heteroatoms. The predicted molar refractivity (Wildman–Crippen MR) is 101 cm³/mol. The number of likely N-dealkylation sites (tertiary alicyclic amines) is 1. The number of quaternary nitrogens is 1. The monoisotopic (exact) mass is 365 g/mol. The normalized spacial score (nSPS) is 23.4. The fourth-order valence-corrected chi connectivity index (χ4v) is 5.18. The Hall–Kier alpha value is -0.570. The minimum atomic E-state index is -0.625. The summed E-state index contributed by atoms with van der Waals surface area (Å²) >= 11 is 0. The minimum Gasteiger partial charge on any atom is -1.00 e. The molecule has 1 aromatic rings. The van der Waals surface area contributed by atoms with Crippen LogP contribution in [-0.2, 0) is 5.60 Å². The van der Waals surface area contributed by atoms with Crippen LogP contribution in [0.25, 0.3) is 0 Å². The summed E-state index contributed by atoms with van der Waals surface area (Å²) in [5, 5.41) is 11.8. The third-order valence-electron chi connectivity index (χ3n) is 6.96. The molecule has 1 aromatic carbocycles. The number of hydrogen-bond donors (Lipinski definition) is 1. The SMILES string of the molecule is CC[N+]1(CCC(O)(c2ccccc2)C2CCCCC2)CCCCC1.[Cl-]. The number of piperidine rings is 1. The first-order valence-electron chi connectivity index (χ1n) is 10.3. The second-order valence-electron chi connectivity index (χ2n) is 8.26. The zero-order valence-corrected chi connectivity index (χ0v) is 16.7. The van der Waals surface area contributed by atoms with Gasteiger partial charge in [0.25, 0.3) is 0 Å². The lowest BCUT2D eigenvalue weighted by Crippen LogP contribution is -3.00. The van der Waals surface area contributed by atoms with Crippen LogP contribution < -0.4 is 12.4 Å². The second-order valence-corrected chi connectivity index (χ2v) is 8.26. The summed E-state index contributed by atoms with van der Waals surface area (Å²) in [5.41, 5.74) is 0.530. The molecule has 0 spiro atoms. The van der Waals surface area contributed by atoms with Gasteiger partial charge in [0.2, 0.25) is 0 Å². The summed E-state index contributed by atoms with van der Waals surface area (Å²) in [6.07, 6.45) is 11.3. The van der Waals surface area contributed by atoms with Gasteiger partial charge in [-0.25, -0.2) is 0 Å². The van der Waals surface area contributed by atoms with Crippen molar-refractivity contribution >= 4 is 0 Å². The average molecular weight is 366 g/mol. The van der Waals surface area contributed by atoms with Crippen molar-refractivity contribution in [2.24, 2.45) is 5.92 Å². The third kappa shape index (κ3) is 4.78. The van der Waals surface area contributed by atoms with E-state index in [1.54, 1.807) is 0 Å². The van der Waals surface area contributed by atoms with Gasteiger partial charge in [-0.15, -0.1) is 0 Å². The molecule has 1 N–H and O–H groups in total. The first-order valence-corrected chi connectivity index (χ1v) is 10.3. The largest absolute Gasteiger partial charge is 1.00 e. The average Bonchev–Trinajstić information content (AvgIpc) is 2.68. The van der Waals surface area contributed by atoms with E-state index in [4.69, 9.17) is 0 Å². The van der Waals surface area contributed by atoms with Crippen LogP contribution in [0.5, 0.6) is 0 Å². The lowest BCUT2D eigenvalue weighted by molar-refractivity contribution is -0.931. The van der Waals surface area contributed by atoms with Gasteiger partial charge in [0.05, 0.1) is 31.8 Å². The van der Waals surface area contributed by atoms with E-state index in [0.717, 1.165) is 18.5 Å². The summed E-state index contributed by atoms with van der Waals surface area (Å²) < 4.78 is 1.22. The standard InChI is InChI=1S/C22H36NO.ClH/c1-2-23(17-10-5-11-18-23)19-16-22(24,20-12-6-3-7-13-20)21-14-8-4-9-15-21;/h3,6-7,12-13,21,24H,2,4-5,8-11,14-19H2,1H3;1H/q+1;/p-1. The zero-order valence-electron chi connectivity index (χ0n) is 15.9. The molecular weight excluding hydrogens is 330 g/mol. The van der Waals surface area contributed by atoms with Gasteiger partial charge in [0.15, 0.2) is 0 Å². The number of rotatable bonds is 6. The Balaban J connectivity index is 0.00000225. The van der Waals surface area contributed by atoms with Crippen molar-refractivity contribution in [2.45, 2.75) is 70.3 Å². The third-order valence-corrected chi connectivity index (χ3v) is 6.96. The maximum absolute atomic E-state index is 11.8. The van der Waals surface area contributed by atoms with Crippen LogP contribution in [0.2, 0.25) is 0 Å². The van der Waals surface area contributed by atoms with Crippen molar-refractivity contribution in [1.29, 1.82) is 0 Å². The maximum atomic E-state index is 11.8. The molecule has 1 atom stereocenters. The van der Waals surface area contributed by atoms with Gasteiger partial charge in [-0.3, -0.25) is 0 Å². The summed E-state index contributed by atoms with van der Waals surface area (Å²) in [5.74, 6) is 0.440. The molecule has 2 aliphatic rings. The smallest absolute Gasteiger partial charge is 0.0978 e. The molecule has 1 saturated carbocycles. The van der Waals surface area contributed by atoms with Crippen molar-refractivity contribution in [3.63, 3.8) is 0 Å². The maximum Gasteiger partial charge on any atom is 0.0978 e. The molecule has 3 rings (SSSR count). The van der Waals surface area contributed by atoms with Crippen LogP contribution in [-0.4, -0.2) is 35.8 Å². The van der Waals surface area contributed by atoms with Crippen LogP contribution in [0.1, 0.15) is 70.3 Å². The fraction of sp³-hybridized carbons (Fsp3) is 0.727. The van der Waals surface area contributed by atoms with E-state index in [2.05, 4.69) is 37.3 Å². The van der Waals surface area contributed by atoms with Crippen molar-refractivity contribution in [1.82, 2.24) is 0 Å². The molecule has 2 nitrogen and oxygen atoms in total. The Morgan fingerprint density at radius 3 is 2.16 bits per heavy atom. The molecule has 1 heterocycles. The van der Waals surface area contributed by atoms with Gasteiger partial charge in [-0.1, -0.05) is 49.6 Å². The molecule has 0 radical (unpaired) electrons. The van der Waals surface area contributed by atoms with Crippen LogP contribution >= 0.6 is 0 Å². The van der Waals surface area contributed by atoms with E-state index in [0.29, 0.717) is 5.92 Å². The number of benzene rings is 1. The molecular formula is C22H36ClNO. The minimum absolute atomic E-state index is 0. The van der Waals surface area contributed by atoms with Gasteiger partial charge < -0.3 is 22.0 Å². The number of nitrogens with zero attached hydrogens (tertiary/aromatic N) is 1. The Bertz CT molecular complexity index is 494. The highest BCUT2D eigenvalue weighted by Crippen LogP contribution is 2.42. The number of hydrogen-bond acceptors (Lipinski definition) is 1. The molecule has 1 aliphatic carbocycles. The lowest BCUT2D eigenvalue weighted by Gasteiger charge is -2.45. The molecule has 0 aromatic heterocycles. The van der Waals surface area contributed by atoms with Gasteiger partial charge in [0.1, 0.15) is 0 Å². The van der Waals surface area contributed by atoms with Crippen LogP contribution in [0, 0.1) is 5.92 Å². The molecule has 1 saturated heterocycles. The van der Waals surface area contributed by atoms with Crippen molar-refractivity contribution < 1.29 is 22.0 Å². The van der Waals surface area contributed by atoms with Crippen LogP contribution in [0.3, 0.4) is 0 Å². The topological polar surface area (TPSA) is 20.2 Å². The Kier molecular flexibility index (Phi) is 7.79. The fourth-order valence-electron chi connectivity index (χ4n) is 5.18. The second kappa shape index (κ2) is 9.39. The molecule has 0 bridgehead atoms. The van der Waals surface area contributed by atoms with E-state index in [-0.39, 0.29) is 12.4 Å². The Morgan fingerprint density at radius 1 is 0.960 bits per heavy atom. The van der Waals surface area contributed by atoms with E-state index < -0.39 is 5.60 Å². The first kappa shape index (κ1) is 20.7. The van der Waals surface area contributed by atoms with E-state index in [1.807, 2.05) is 0 Å². The molecule has 0 amide bonds. The van der Waals surface area contributed by atoms with Gasteiger partial charge >= 0.3 is 0 Å². The summed E-state index contributed by atoms with van der Waals surface area (Å²) in [7, 11) is 0. The van der Waals surface area contributed by atoms with Crippen molar-refractivity contribution in [2.75, 3.05) is 26.2 Å². The highest BCUT2D eigenvalue weighted by molar-refractivity contribution is 5.23. The summed E-state index contributed by atoms with van der Waals surface area (Å²) in [4.78, 5) is 0. The zero-order chi connectivity index (χ0) is 16.9. The quantitative estimate of drug-likeness (QED) is 0.763. The number of halogens is 1. The Morgan fingerprint density at radius 2 is 1.56 bits per heavy atom. The summed E-state index contributed by atoms with van der Waals surface area (Å²) in [6.45, 7) is 7.32. The molecule has 142 valence electrons. The molecule has 1 aliphatic heterocycles. The Labute approximate surface area is 160 Å². The molecule has 25 heavy (non-hydrogen) atoms. The molecule has 1 unspecified atom stereocenters. The van der Waals surface area contributed by atoms with Crippen molar-refractivity contribution in [3.8, 4) is 0 Å². The van der Waals surface area contributed by atoms with E-state index in [1.165, 1.54) is 75.5 Å². The van der Waals surface area contributed by atoms with E-state index >= 15 is 0 Å². The van der Waals surface area contributed by atoms with E-state index in [9.17, 15) is 5.11 Å². The van der Waals surface area contributed by atoms with Gasteiger partial charge in [-0.05, 0) is 50.5 Å². The van der Waals surface area contributed by atoms with Gasteiger partial charge in [-0.2, -0.15) is 0 Å². The van der Waals surface area contributed by atoms with Crippen LogP contribution in [0.4, 0.5) is 0 Å². The van der Waals surface area contributed by atoms with Crippen LogP contribution in [0.15, 0.2) is 30.3 Å². The number of aliphatic hydroxyl groups is 1. The first-order chi connectivity index (χ1) is 11.7.